The first-order valence-electron chi connectivity index (χ1n) is 6.60. The van der Waals surface area contributed by atoms with Gasteiger partial charge >= 0.3 is 0 Å². The molecule has 0 aliphatic rings. The van der Waals surface area contributed by atoms with Crippen LogP contribution in [-0.4, -0.2) is 31.0 Å². The number of aromatic nitrogens is 4. The first-order valence-corrected chi connectivity index (χ1v) is 6.60. The Labute approximate surface area is 125 Å². The maximum absolute atomic E-state index is 11.7. The zero-order valence-corrected chi connectivity index (χ0v) is 11.8. The van der Waals surface area contributed by atoms with E-state index in [0.29, 0.717) is 12.1 Å². The monoisotopic (exact) mass is 302 g/mol. The fourth-order valence-electron chi connectivity index (χ4n) is 1.65. The topological polar surface area (TPSA) is 116 Å². The lowest BCUT2D eigenvalue weighted by Crippen LogP contribution is -2.09. The molecule has 2 rings (SSSR count). The second-order valence-electron chi connectivity index (χ2n) is 4.38. The number of nitro groups is 1. The molecule has 22 heavy (non-hydrogen) atoms. The van der Waals surface area contributed by atoms with E-state index >= 15 is 0 Å². The summed E-state index contributed by atoms with van der Waals surface area (Å²) in [7, 11) is 0. The first-order chi connectivity index (χ1) is 10.6. The normalized spacial score (nSPS) is 10.8. The molecular formula is C13H14N6O3. The molecule has 0 saturated heterocycles. The van der Waals surface area contributed by atoms with Gasteiger partial charge in [-0.3, -0.25) is 20.2 Å². The number of carbonyl (C=O) groups excluding carboxylic acids is 1. The summed E-state index contributed by atoms with van der Waals surface area (Å²) in [5.41, 5.74) is 0.513. The van der Waals surface area contributed by atoms with Crippen molar-refractivity contribution in [2.75, 3.05) is 5.32 Å². The van der Waals surface area contributed by atoms with Crippen molar-refractivity contribution >= 4 is 23.6 Å². The summed E-state index contributed by atoms with van der Waals surface area (Å²) in [4.78, 5) is 23.3. The number of tetrazole rings is 1. The number of amides is 1. The van der Waals surface area contributed by atoms with Gasteiger partial charge in [0.15, 0.2) is 0 Å². The highest BCUT2D eigenvalue weighted by Crippen LogP contribution is 2.14. The van der Waals surface area contributed by atoms with Crippen LogP contribution in [0.5, 0.6) is 0 Å². The zero-order valence-electron chi connectivity index (χ0n) is 11.8. The Morgan fingerprint density at radius 2 is 2.32 bits per heavy atom. The molecule has 0 atom stereocenters. The smallest absolute Gasteiger partial charge is 0.270 e. The summed E-state index contributed by atoms with van der Waals surface area (Å²) in [5, 5.41) is 24.6. The van der Waals surface area contributed by atoms with Gasteiger partial charge < -0.3 is 0 Å². The highest BCUT2D eigenvalue weighted by Gasteiger charge is 2.06. The van der Waals surface area contributed by atoms with Crippen LogP contribution in [0.3, 0.4) is 0 Å². The molecule has 0 bridgehead atoms. The van der Waals surface area contributed by atoms with Crippen molar-refractivity contribution in [2.24, 2.45) is 0 Å². The molecule has 0 spiro atoms. The molecule has 1 N–H and O–H groups in total. The number of aryl methyl sites for hydroxylation is 1. The molecule has 0 aliphatic heterocycles. The Bertz CT molecular complexity index is 709. The Balaban J connectivity index is 1.98. The number of anilines is 1. The van der Waals surface area contributed by atoms with Gasteiger partial charge in [-0.05, 0) is 23.3 Å². The van der Waals surface area contributed by atoms with Gasteiger partial charge in [-0.2, -0.15) is 4.80 Å². The summed E-state index contributed by atoms with van der Waals surface area (Å²) in [6.07, 6.45) is 3.58. The maximum Gasteiger partial charge on any atom is 0.270 e. The minimum absolute atomic E-state index is 0.0354. The fourth-order valence-corrected chi connectivity index (χ4v) is 1.65. The van der Waals surface area contributed by atoms with Crippen LogP contribution >= 0.6 is 0 Å². The number of nitrogens with one attached hydrogen (secondary N) is 1. The van der Waals surface area contributed by atoms with Crippen LogP contribution in [-0.2, 0) is 11.3 Å². The van der Waals surface area contributed by atoms with E-state index in [1.807, 2.05) is 6.92 Å². The second kappa shape index (κ2) is 7.07. The van der Waals surface area contributed by atoms with E-state index in [1.165, 1.54) is 29.1 Å². The molecule has 9 nitrogen and oxygen atoms in total. The summed E-state index contributed by atoms with van der Waals surface area (Å²) in [6, 6.07) is 5.97. The quantitative estimate of drug-likeness (QED) is 0.492. The van der Waals surface area contributed by atoms with Crippen LogP contribution in [0.4, 0.5) is 11.6 Å². The van der Waals surface area contributed by atoms with Crippen molar-refractivity contribution in [2.45, 2.75) is 19.9 Å². The summed E-state index contributed by atoms with van der Waals surface area (Å²) >= 11 is 0. The molecule has 0 aliphatic carbocycles. The third kappa shape index (κ3) is 4.20. The number of nitrogens with zero attached hydrogens (tertiary/aromatic N) is 5. The molecule has 2 aromatic rings. The number of non-ortho nitro benzene ring substituents is 1. The summed E-state index contributed by atoms with van der Waals surface area (Å²) in [6.45, 7) is 2.59. The zero-order chi connectivity index (χ0) is 15.9. The number of carbonyl (C=O) groups is 1. The van der Waals surface area contributed by atoms with Crippen LogP contribution in [0.25, 0.3) is 6.08 Å². The number of nitro benzene ring substituents is 1. The van der Waals surface area contributed by atoms with Crippen molar-refractivity contribution in [3.05, 3.63) is 46.0 Å². The summed E-state index contributed by atoms with van der Waals surface area (Å²) < 4.78 is 0. The average Bonchev–Trinajstić information content (AvgIpc) is 2.93. The molecule has 1 aromatic heterocycles. The fraction of sp³-hybridized carbons (Fsp3) is 0.231. The molecule has 1 aromatic carbocycles. The van der Waals surface area contributed by atoms with Gasteiger partial charge in [0.2, 0.25) is 0 Å². The third-order valence-corrected chi connectivity index (χ3v) is 2.62. The molecule has 0 fully saturated rings. The minimum atomic E-state index is -0.493. The van der Waals surface area contributed by atoms with Crippen LogP contribution in [0, 0.1) is 10.1 Å². The molecule has 1 heterocycles. The average molecular weight is 302 g/mol. The van der Waals surface area contributed by atoms with Gasteiger partial charge in [0.1, 0.15) is 0 Å². The van der Waals surface area contributed by atoms with Crippen LogP contribution in [0.1, 0.15) is 18.9 Å². The molecule has 114 valence electrons. The Kier molecular flexibility index (Phi) is 4.91. The number of hydrogen-bond donors (Lipinski definition) is 1. The van der Waals surface area contributed by atoms with Crippen molar-refractivity contribution in [3.8, 4) is 0 Å². The molecule has 0 radical (unpaired) electrons. The van der Waals surface area contributed by atoms with Gasteiger partial charge in [-0.25, -0.2) is 0 Å². The van der Waals surface area contributed by atoms with Crippen molar-refractivity contribution in [3.63, 3.8) is 0 Å². The van der Waals surface area contributed by atoms with Crippen LogP contribution in [0.15, 0.2) is 30.3 Å². The number of hydrogen-bond acceptors (Lipinski definition) is 6. The van der Waals surface area contributed by atoms with Crippen LogP contribution < -0.4 is 5.32 Å². The van der Waals surface area contributed by atoms with Crippen molar-refractivity contribution in [1.29, 1.82) is 0 Å². The van der Waals surface area contributed by atoms with E-state index in [-0.39, 0.29) is 11.6 Å². The first kappa shape index (κ1) is 15.3. The molecule has 1 amide bonds. The van der Waals surface area contributed by atoms with Gasteiger partial charge in [0.05, 0.1) is 11.5 Å². The Morgan fingerprint density at radius 1 is 1.50 bits per heavy atom. The van der Waals surface area contributed by atoms with Gasteiger partial charge in [-0.1, -0.05) is 24.2 Å². The predicted octanol–water partition coefficient (Wildman–Crippen LogP) is 1.64. The highest BCUT2D eigenvalue weighted by atomic mass is 16.6. The second-order valence-corrected chi connectivity index (χ2v) is 4.38. The van der Waals surface area contributed by atoms with Gasteiger partial charge in [-0.15, -0.1) is 5.10 Å². The SMILES string of the molecule is CCCn1nnc(NC(=O)C=Cc2cccc([N+](=O)[O-])c2)n1. The van der Waals surface area contributed by atoms with E-state index in [4.69, 9.17) is 0 Å². The largest absolute Gasteiger partial charge is 0.288 e. The molecule has 9 heteroatoms. The van der Waals surface area contributed by atoms with E-state index < -0.39 is 10.8 Å². The number of benzene rings is 1. The molecule has 0 unspecified atom stereocenters. The van der Waals surface area contributed by atoms with E-state index in [1.54, 1.807) is 12.1 Å². The summed E-state index contributed by atoms with van der Waals surface area (Å²) in [5.74, 6) is -0.329. The Hall–Kier alpha value is -3.10. The number of rotatable bonds is 6. The lowest BCUT2D eigenvalue weighted by molar-refractivity contribution is -0.384. The van der Waals surface area contributed by atoms with E-state index in [2.05, 4.69) is 20.7 Å². The highest BCUT2D eigenvalue weighted by molar-refractivity contribution is 6.00. The van der Waals surface area contributed by atoms with Gasteiger partial charge in [0.25, 0.3) is 17.5 Å². The predicted molar refractivity (Wildman–Crippen MR) is 78.9 cm³/mol. The standard InChI is InChI=1S/C13H14N6O3/c1-2-8-18-16-13(15-17-18)14-12(20)7-6-10-4-3-5-11(9-10)19(21)22/h3-7,9H,2,8H2,1H3,(H,14,16,20). The van der Waals surface area contributed by atoms with E-state index in [0.717, 1.165) is 6.42 Å². The van der Waals surface area contributed by atoms with E-state index in [9.17, 15) is 14.9 Å². The Morgan fingerprint density at radius 3 is 3.05 bits per heavy atom. The lowest BCUT2D eigenvalue weighted by Gasteiger charge is -1.96. The third-order valence-electron chi connectivity index (χ3n) is 2.62. The lowest BCUT2D eigenvalue weighted by atomic mass is 10.2. The minimum Gasteiger partial charge on any atom is -0.288 e. The van der Waals surface area contributed by atoms with Crippen LogP contribution in [0.2, 0.25) is 0 Å². The van der Waals surface area contributed by atoms with Crippen molar-refractivity contribution in [1.82, 2.24) is 20.2 Å². The molecule has 0 saturated carbocycles. The van der Waals surface area contributed by atoms with Gasteiger partial charge in [0, 0.05) is 18.2 Å². The molecular weight excluding hydrogens is 288 g/mol. The van der Waals surface area contributed by atoms with Crippen molar-refractivity contribution < 1.29 is 9.72 Å². The maximum atomic E-state index is 11.7.